The molecule has 0 atom stereocenters. The van der Waals surface area contributed by atoms with Crippen LogP contribution in [0.3, 0.4) is 0 Å². The summed E-state index contributed by atoms with van der Waals surface area (Å²) in [5.41, 5.74) is 7.00. The molecule has 1 amide bonds. The highest BCUT2D eigenvalue weighted by molar-refractivity contribution is 8.12. The molecule has 2 rings (SSSR count). The van der Waals surface area contributed by atoms with Crippen LogP contribution >= 0.6 is 11.9 Å². The maximum absolute atomic E-state index is 11.7. The standard InChI is InChI=1S/C15H21N3O2S/c16-8-9-17-14(19)12-6-4-11(5-7-12)10-18-21-15(20)13-2-1-3-13/h4-7,13,18H,1-3,8-10,16H2,(H,17,19). The van der Waals surface area contributed by atoms with E-state index in [1.54, 1.807) is 12.1 Å². The van der Waals surface area contributed by atoms with Crippen molar-refractivity contribution in [3.05, 3.63) is 35.4 Å². The third-order valence-corrected chi connectivity index (χ3v) is 4.36. The Hall–Kier alpha value is -1.37. The number of carbonyl (C=O) groups excluding carboxylic acids is 2. The number of hydrogen-bond acceptors (Lipinski definition) is 5. The Morgan fingerprint density at radius 1 is 1.24 bits per heavy atom. The van der Waals surface area contributed by atoms with E-state index >= 15 is 0 Å². The molecule has 0 aliphatic heterocycles. The second-order valence-electron chi connectivity index (χ2n) is 5.11. The van der Waals surface area contributed by atoms with Gasteiger partial charge < -0.3 is 11.1 Å². The number of nitrogens with two attached hydrogens (primary N) is 1. The highest BCUT2D eigenvalue weighted by atomic mass is 32.2. The van der Waals surface area contributed by atoms with Crippen molar-refractivity contribution in [1.82, 2.24) is 10.0 Å². The summed E-state index contributed by atoms with van der Waals surface area (Å²) in [6, 6.07) is 7.33. The summed E-state index contributed by atoms with van der Waals surface area (Å²) in [7, 11) is 0. The highest BCUT2D eigenvalue weighted by Gasteiger charge is 2.25. The molecule has 5 nitrogen and oxygen atoms in total. The smallest absolute Gasteiger partial charge is 0.251 e. The van der Waals surface area contributed by atoms with E-state index < -0.39 is 0 Å². The number of nitrogens with one attached hydrogen (secondary N) is 2. The van der Waals surface area contributed by atoms with Gasteiger partial charge in [0.1, 0.15) is 0 Å². The van der Waals surface area contributed by atoms with Crippen LogP contribution in [0.25, 0.3) is 0 Å². The van der Waals surface area contributed by atoms with Crippen molar-refractivity contribution in [2.75, 3.05) is 13.1 Å². The summed E-state index contributed by atoms with van der Waals surface area (Å²) >= 11 is 1.19. The van der Waals surface area contributed by atoms with Gasteiger partial charge in [0.2, 0.25) is 5.12 Å². The van der Waals surface area contributed by atoms with Gasteiger partial charge in [-0.15, -0.1) is 0 Å². The zero-order valence-corrected chi connectivity index (χ0v) is 12.7. The van der Waals surface area contributed by atoms with Gasteiger partial charge >= 0.3 is 0 Å². The number of benzene rings is 1. The van der Waals surface area contributed by atoms with Crippen LogP contribution in [0.2, 0.25) is 0 Å². The fourth-order valence-electron chi connectivity index (χ4n) is 1.98. The predicted molar refractivity (Wildman–Crippen MR) is 84.6 cm³/mol. The Kier molecular flexibility index (Phi) is 6.22. The summed E-state index contributed by atoms with van der Waals surface area (Å²) < 4.78 is 3.08. The lowest BCUT2D eigenvalue weighted by molar-refractivity contribution is -0.116. The molecule has 114 valence electrons. The first kappa shape index (κ1) is 16.0. The zero-order chi connectivity index (χ0) is 15.1. The summed E-state index contributed by atoms with van der Waals surface area (Å²) in [6.45, 7) is 1.51. The molecule has 0 heterocycles. The number of rotatable bonds is 7. The van der Waals surface area contributed by atoms with E-state index in [0.29, 0.717) is 25.2 Å². The molecule has 1 aliphatic carbocycles. The van der Waals surface area contributed by atoms with Crippen molar-refractivity contribution >= 4 is 23.0 Å². The molecule has 0 bridgehead atoms. The van der Waals surface area contributed by atoms with Crippen LogP contribution in [0, 0.1) is 5.92 Å². The Morgan fingerprint density at radius 2 is 1.95 bits per heavy atom. The number of hydrogen-bond donors (Lipinski definition) is 3. The molecule has 6 heteroatoms. The Labute approximate surface area is 129 Å². The van der Waals surface area contributed by atoms with Gasteiger partial charge in [0.15, 0.2) is 0 Å². The molecule has 0 unspecified atom stereocenters. The van der Waals surface area contributed by atoms with Crippen molar-refractivity contribution in [1.29, 1.82) is 0 Å². The second-order valence-corrected chi connectivity index (χ2v) is 6.01. The average molecular weight is 307 g/mol. The first-order valence-corrected chi connectivity index (χ1v) is 8.03. The van der Waals surface area contributed by atoms with Gasteiger partial charge in [-0.25, -0.2) is 0 Å². The van der Waals surface area contributed by atoms with Gasteiger partial charge in [0.25, 0.3) is 5.91 Å². The van der Waals surface area contributed by atoms with Gasteiger partial charge in [0.05, 0.1) is 0 Å². The largest absolute Gasteiger partial charge is 0.351 e. The number of amides is 1. The van der Waals surface area contributed by atoms with Gasteiger partial charge in [-0.1, -0.05) is 18.6 Å². The molecule has 1 aromatic carbocycles. The Morgan fingerprint density at radius 3 is 2.52 bits per heavy atom. The fraction of sp³-hybridized carbons (Fsp3) is 0.467. The lowest BCUT2D eigenvalue weighted by Gasteiger charge is -2.22. The molecule has 0 radical (unpaired) electrons. The molecule has 0 aromatic heterocycles. The molecule has 1 aliphatic rings. The van der Waals surface area contributed by atoms with Gasteiger partial charge in [-0.3, -0.25) is 14.3 Å². The molecule has 0 spiro atoms. The Bertz CT molecular complexity index is 486. The summed E-state index contributed by atoms with van der Waals surface area (Å²) in [6.07, 6.45) is 3.23. The van der Waals surface area contributed by atoms with Crippen molar-refractivity contribution in [3.8, 4) is 0 Å². The highest BCUT2D eigenvalue weighted by Crippen LogP contribution is 2.30. The average Bonchev–Trinajstić information content (AvgIpc) is 2.43. The van der Waals surface area contributed by atoms with E-state index in [1.165, 1.54) is 18.4 Å². The van der Waals surface area contributed by atoms with Crippen LogP contribution in [0.15, 0.2) is 24.3 Å². The van der Waals surface area contributed by atoms with Gasteiger partial charge in [-0.05, 0) is 42.5 Å². The fourth-order valence-corrected chi connectivity index (χ4v) is 2.76. The second kappa shape index (κ2) is 8.17. The lowest BCUT2D eigenvalue weighted by Crippen LogP contribution is -2.28. The topological polar surface area (TPSA) is 84.2 Å². The monoisotopic (exact) mass is 307 g/mol. The molecule has 1 fully saturated rings. The zero-order valence-electron chi connectivity index (χ0n) is 11.9. The van der Waals surface area contributed by atoms with E-state index in [4.69, 9.17) is 5.73 Å². The van der Waals surface area contributed by atoms with E-state index in [1.807, 2.05) is 12.1 Å². The third-order valence-electron chi connectivity index (χ3n) is 3.53. The minimum Gasteiger partial charge on any atom is -0.351 e. The van der Waals surface area contributed by atoms with Crippen molar-refractivity contribution in [3.63, 3.8) is 0 Å². The van der Waals surface area contributed by atoms with E-state index in [9.17, 15) is 9.59 Å². The van der Waals surface area contributed by atoms with Crippen LogP contribution in [-0.2, 0) is 11.3 Å². The molecule has 4 N–H and O–H groups in total. The summed E-state index contributed by atoms with van der Waals surface area (Å²) in [5.74, 6) is 0.130. The SMILES string of the molecule is NCCNC(=O)c1ccc(CNSC(=O)C2CCC2)cc1. The van der Waals surface area contributed by atoms with E-state index in [-0.39, 0.29) is 16.9 Å². The minimum atomic E-state index is -0.116. The summed E-state index contributed by atoms with van der Waals surface area (Å²) in [5, 5.41) is 2.96. The molecule has 0 saturated heterocycles. The molecule has 1 saturated carbocycles. The summed E-state index contributed by atoms with van der Waals surface area (Å²) in [4.78, 5) is 23.4. The quantitative estimate of drug-likeness (QED) is 0.664. The maximum Gasteiger partial charge on any atom is 0.251 e. The normalized spacial score (nSPS) is 14.5. The van der Waals surface area contributed by atoms with Crippen molar-refractivity contribution in [2.45, 2.75) is 25.8 Å². The predicted octanol–water partition coefficient (Wildman–Crippen LogP) is 1.44. The molecular weight excluding hydrogens is 286 g/mol. The molecular formula is C15H21N3O2S. The minimum absolute atomic E-state index is 0.116. The third kappa shape index (κ3) is 4.84. The van der Waals surface area contributed by atoms with E-state index in [2.05, 4.69) is 10.0 Å². The Balaban J connectivity index is 1.74. The van der Waals surface area contributed by atoms with Crippen LogP contribution < -0.4 is 15.8 Å². The number of carbonyl (C=O) groups is 2. The van der Waals surface area contributed by atoms with Crippen molar-refractivity contribution < 1.29 is 9.59 Å². The van der Waals surface area contributed by atoms with Crippen LogP contribution in [0.5, 0.6) is 0 Å². The van der Waals surface area contributed by atoms with Gasteiger partial charge in [-0.2, -0.15) is 0 Å². The first-order chi connectivity index (χ1) is 10.2. The van der Waals surface area contributed by atoms with Gasteiger partial charge in [0, 0.05) is 31.1 Å². The van der Waals surface area contributed by atoms with E-state index in [0.717, 1.165) is 18.4 Å². The molecule has 21 heavy (non-hydrogen) atoms. The lowest BCUT2D eigenvalue weighted by atomic mass is 9.87. The van der Waals surface area contributed by atoms with Crippen molar-refractivity contribution in [2.24, 2.45) is 11.7 Å². The van der Waals surface area contributed by atoms with Crippen LogP contribution in [0.4, 0.5) is 0 Å². The first-order valence-electron chi connectivity index (χ1n) is 7.21. The van der Waals surface area contributed by atoms with Crippen LogP contribution in [-0.4, -0.2) is 24.1 Å². The molecule has 1 aromatic rings. The van der Waals surface area contributed by atoms with Crippen LogP contribution in [0.1, 0.15) is 35.2 Å². The maximum atomic E-state index is 11.7.